The average molecular weight is 496 g/mol. The Morgan fingerprint density at radius 3 is 2.89 bits per heavy atom. The number of hydrogen-bond donors (Lipinski definition) is 1. The van der Waals surface area contributed by atoms with Gasteiger partial charge in [-0.3, -0.25) is 0 Å². The van der Waals surface area contributed by atoms with Gasteiger partial charge in [0.25, 0.3) is 0 Å². The van der Waals surface area contributed by atoms with Gasteiger partial charge in [-0.1, -0.05) is 73.2 Å². The first kappa shape index (κ1) is 22.6. The first-order valence-electron chi connectivity index (χ1n) is 13.6. The molecule has 2 heterocycles. The number of benzene rings is 2. The highest BCUT2D eigenvalue weighted by atomic mass is 35.5. The van der Waals surface area contributed by atoms with E-state index in [1.807, 2.05) is 18.2 Å². The number of aromatic nitrogens is 2. The number of rotatable bonds is 3. The Hall–Kier alpha value is -2.62. The summed E-state index contributed by atoms with van der Waals surface area (Å²) in [6, 6.07) is 15.6. The summed E-state index contributed by atoms with van der Waals surface area (Å²) in [6.07, 6.45) is 19.6. The van der Waals surface area contributed by atoms with E-state index in [0.29, 0.717) is 35.1 Å². The number of aromatic amines is 1. The smallest absolute Gasteiger partial charge is 0.138 e. The highest BCUT2D eigenvalue weighted by Gasteiger charge is 2.49. The number of H-pyrrole nitrogens is 1. The second-order valence-electron chi connectivity index (χ2n) is 11.5. The third kappa shape index (κ3) is 3.71. The minimum absolute atomic E-state index is 0.353. The van der Waals surface area contributed by atoms with E-state index in [4.69, 9.17) is 16.6 Å². The fourth-order valence-corrected chi connectivity index (χ4v) is 7.84. The number of allylic oxidation sites excluding steroid dienone is 6. The van der Waals surface area contributed by atoms with Crippen molar-refractivity contribution in [3.05, 3.63) is 89.5 Å². The lowest BCUT2D eigenvalue weighted by Gasteiger charge is -2.49. The zero-order valence-corrected chi connectivity index (χ0v) is 21.7. The Balaban J connectivity index is 1.05. The summed E-state index contributed by atoms with van der Waals surface area (Å²) in [5.41, 5.74) is 4.92. The van der Waals surface area contributed by atoms with Crippen LogP contribution in [0.25, 0.3) is 22.4 Å². The number of halogens is 1. The number of hydrogen-bond acceptors (Lipinski definition) is 2. The number of nitrogens with one attached hydrogen (secondary N) is 1. The normalized spacial score (nSPS) is 33.7. The second kappa shape index (κ2) is 8.75. The number of likely N-dealkylation sites (tertiary alicyclic amines) is 1. The van der Waals surface area contributed by atoms with Crippen LogP contribution < -0.4 is 0 Å². The van der Waals surface area contributed by atoms with Gasteiger partial charge in [0.05, 0.1) is 11.0 Å². The molecule has 184 valence electrons. The molecule has 36 heavy (non-hydrogen) atoms. The van der Waals surface area contributed by atoms with Crippen LogP contribution in [0.4, 0.5) is 0 Å². The quantitative estimate of drug-likeness (QED) is 0.376. The van der Waals surface area contributed by atoms with Crippen LogP contribution in [0.1, 0.15) is 44.1 Å². The second-order valence-corrected chi connectivity index (χ2v) is 12.0. The molecule has 1 aliphatic heterocycles. The Bertz CT molecular complexity index is 1380. The van der Waals surface area contributed by atoms with Crippen LogP contribution in [-0.2, 0) is 0 Å². The number of nitrogens with zero attached hydrogens (tertiary/aromatic N) is 2. The molecule has 1 saturated heterocycles. The van der Waals surface area contributed by atoms with Crippen LogP contribution in [-0.4, -0.2) is 34.0 Å². The molecule has 2 fully saturated rings. The van der Waals surface area contributed by atoms with Crippen LogP contribution in [0.3, 0.4) is 0 Å². The van der Waals surface area contributed by atoms with Gasteiger partial charge in [-0.05, 0) is 79.8 Å². The van der Waals surface area contributed by atoms with Crippen molar-refractivity contribution < 1.29 is 0 Å². The van der Waals surface area contributed by atoms with Gasteiger partial charge in [0.1, 0.15) is 5.82 Å². The van der Waals surface area contributed by atoms with Crippen molar-refractivity contribution in [1.29, 1.82) is 0 Å². The van der Waals surface area contributed by atoms with Crippen molar-refractivity contribution >= 4 is 22.6 Å². The molecule has 4 aliphatic rings. The molecule has 7 rings (SSSR count). The van der Waals surface area contributed by atoms with Crippen molar-refractivity contribution in [2.24, 2.45) is 23.2 Å². The minimum atomic E-state index is 0.353. The van der Waals surface area contributed by atoms with Gasteiger partial charge in [0.15, 0.2) is 0 Å². The van der Waals surface area contributed by atoms with E-state index in [1.165, 1.54) is 44.3 Å². The molecule has 0 radical (unpaired) electrons. The topological polar surface area (TPSA) is 31.9 Å². The first-order valence-corrected chi connectivity index (χ1v) is 14.0. The van der Waals surface area contributed by atoms with E-state index in [9.17, 15) is 0 Å². The fourth-order valence-electron chi connectivity index (χ4n) is 7.67. The molecule has 1 saturated carbocycles. The molecule has 1 spiro atoms. The van der Waals surface area contributed by atoms with E-state index >= 15 is 0 Å². The molecule has 1 aromatic heterocycles. The molecular weight excluding hydrogens is 462 g/mol. The maximum Gasteiger partial charge on any atom is 0.138 e. The molecule has 2 aromatic carbocycles. The highest BCUT2D eigenvalue weighted by molar-refractivity contribution is 6.31. The van der Waals surface area contributed by atoms with Crippen molar-refractivity contribution in [2.45, 2.75) is 44.6 Å². The van der Waals surface area contributed by atoms with E-state index in [2.05, 4.69) is 77.5 Å². The first-order chi connectivity index (χ1) is 17.6. The summed E-state index contributed by atoms with van der Waals surface area (Å²) >= 11 is 6.18. The summed E-state index contributed by atoms with van der Waals surface area (Å²) in [6.45, 7) is 4.96. The fraction of sp³-hybridized carbons (Fsp3) is 0.406. The van der Waals surface area contributed by atoms with Crippen molar-refractivity contribution in [3.63, 3.8) is 0 Å². The molecule has 3 aromatic rings. The lowest BCUT2D eigenvalue weighted by molar-refractivity contribution is 0.0265. The van der Waals surface area contributed by atoms with Crippen LogP contribution >= 0.6 is 11.6 Å². The molecule has 6 atom stereocenters. The molecule has 4 heteroatoms. The summed E-state index contributed by atoms with van der Waals surface area (Å²) in [5.74, 6) is 3.51. The van der Waals surface area contributed by atoms with Gasteiger partial charge in [-0.25, -0.2) is 4.98 Å². The van der Waals surface area contributed by atoms with Gasteiger partial charge in [-0.15, -0.1) is 0 Å². The van der Waals surface area contributed by atoms with Crippen LogP contribution in [0.2, 0.25) is 5.02 Å². The molecule has 0 amide bonds. The average Bonchev–Trinajstić information content (AvgIpc) is 3.64. The number of fused-ring (bicyclic) bond motifs is 3. The highest BCUT2D eigenvalue weighted by Crippen LogP contribution is 2.54. The van der Waals surface area contributed by atoms with Crippen LogP contribution in [0, 0.1) is 23.2 Å². The Morgan fingerprint density at radius 1 is 1.06 bits per heavy atom. The maximum absolute atomic E-state index is 6.18. The summed E-state index contributed by atoms with van der Waals surface area (Å²) in [5, 5.41) is 0.734. The van der Waals surface area contributed by atoms with Crippen molar-refractivity contribution in [1.82, 2.24) is 14.9 Å². The van der Waals surface area contributed by atoms with Crippen LogP contribution in [0.5, 0.6) is 0 Å². The third-order valence-corrected chi connectivity index (χ3v) is 9.92. The Morgan fingerprint density at radius 2 is 1.97 bits per heavy atom. The molecule has 3 aliphatic carbocycles. The summed E-state index contributed by atoms with van der Waals surface area (Å²) in [4.78, 5) is 11.1. The zero-order chi connectivity index (χ0) is 24.3. The van der Waals surface area contributed by atoms with Gasteiger partial charge >= 0.3 is 0 Å². The lowest BCUT2D eigenvalue weighted by atomic mass is 9.62. The van der Waals surface area contributed by atoms with E-state index in [1.54, 1.807) is 0 Å². The predicted molar refractivity (Wildman–Crippen MR) is 149 cm³/mol. The number of imidazole rings is 1. The molecule has 1 N–H and O–H groups in total. The summed E-state index contributed by atoms with van der Waals surface area (Å²) in [7, 11) is 0. The van der Waals surface area contributed by atoms with Gasteiger partial charge in [-0.2, -0.15) is 0 Å². The molecule has 0 bridgehead atoms. The SMILES string of the molecule is C[C@H]1CN(C2CCC(c3cccc(-c4nc5ccc(Cl)cc5[nH]4)c3)C2)CCC12C=CC1C=CC=CC12. The lowest BCUT2D eigenvalue weighted by Crippen LogP contribution is -2.51. The van der Waals surface area contributed by atoms with Crippen molar-refractivity contribution in [3.8, 4) is 11.4 Å². The van der Waals surface area contributed by atoms with E-state index < -0.39 is 0 Å². The van der Waals surface area contributed by atoms with E-state index in [0.717, 1.165) is 27.4 Å². The number of piperidine rings is 1. The molecule has 3 nitrogen and oxygen atoms in total. The van der Waals surface area contributed by atoms with Gasteiger partial charge in [0.2, 0.25) is 0 Å². The Labute approximate surface area is 219 Å². The van der Waals surface area contributed by atoms with Gasteiger partial charge < -0.3 is 9.88 Å². The van der Waals surface area contributed by atoms with Gasteiger partial charge in [0, 0.05) is 34.5 Å². The predicted octanol–water partition coefficient (Wildman–Crippen LogP) is 7.78. The minimum Gasteiger partial charge on any atom is -0.338 e. The van der Waals surface area contributed by atoms with E-state index in [-0.39, 0.29) is 0 Å². The zero-order valence-electron chi connectivity index (χ0n) is 20.9. The Kier molecular flexibility index (Phi) is 5.48. The molecular formula is C32H34ClN3. The standard InChI is InChI=1S/C32H34ClN3/c1-21-20-36(16-15-32(21)14-13-22-5-2-3-8-28(22)32)27-11-9-24(18-27)23-6-4-7-25(17-23)31-34-29-12-10-26(33)19-30(29)35-31/h2-8,10,12-14,17,19,21-22,24,27-28H,9,11,15-16,18,20H2,1H3,(H,34,35)/t21-,22?,24?,27?,28?,32?/m0/s1. The summed E-state index contributed by atoms with van der Waals surface area (Å²) < 4.78 is 0. The largest absolute Gasteiger partial charge is 0.338 e. The monoisotopic (exact) mass is 495 g/mol. The maximum atomic E-state index is 6.18. The third-order valence-electron chi connectivity index (χ3n) is 9.68. The van der Waals surface area contributed by atoms with Crippen LogP contribution in [0.15, 0.2) is 78.9 Å². The van der Waals surface area contributed by atoms with Crippen molar-refractivity contribution in [2.75, 3.05) is 13.1 Å². The molecule has 5 unspecified atom stereocenters.